The Hall–Kier alpha value is -1.57. The molecule has 0 aromatic rings. The van der Waals surface area contributed by atoms with Gasteiger partial charge in [-0.1, -0.05) is 53.9 Å². The van der Waals surface area contributed by atoms with Crippen molar-refractivity contribution in [2.45, 2.75) is 137 Å². The van der Waals surface area contributed by atoms with Crippen molar-refractivity contribution in [3.63, 3.8) is 0 Å². The molecule has 4 aliphatic rings. The van der Waals surface area contributed by atoms with Crippen molar-refractivity contribution in [2.24, 2.45) is 57.5 Å². The van der Waals surface area contributed by atoms with Gasteiger partial charge in [0, 0.05) is 4.97 Å². The molecule has 4 rings (SSSR count). The third kappa shape index (κ3) is 7.21. The SMILES string of the molecule is CC(C)CCC[C@@H](C)[C@H]1CC[C@H]2[C@@H]3CC[C@H]4C[C@@H](OC(=O)CCN(CCCC[NH3+])/[N+]([O-])=N/[O-])CC[C@]4(C)[C@H]3CC[C@]12C. The molecule has 0 bridgehead atoms. The molecule has 0 unspecified atom stereocenters. The first-order chi connectivity index (χ1) is 20.0. The Morgan fingerprint density at radius 2 is 1.71 bits per heavy atom. The average Bonchev–Trinajstić information content (AvgIpc) is 3.31. The van der Waals surface area contributed by atoms with Gasteiger partial charge in [-0.15, -0.1) is 5.01 Å². The molecule has 0 heterocycles. The standard InChI is InChI=1S/C34H62N4O4/c1-24(2)9-8-10-25(3)29-13-14-30-28-12-11-26-23-27(15-18-33(26,4)31(28)16-19-34(29,30)5)42-32(39)17-22-37(38(41)36-40)21-7-6-20-35/h24-31,40H,6-23,35H2,1-5H3/b38-36-/t25-,26+,27+,28+,29-,30+,31+,33+,34-/m1/s1. The number of hydrogen-bond acceptors (Lipinski definition) is 5. The Bertz CT molecular complexity index is 914. The predicted octanol–water partition coefficient (Wildman–Crippen LogP) is 7.11. The normalized spacial score (nSPS) is 37.1. The number of hydrogen-bond donors (Lipinski definition) is 1. The summed E-state index contributed by atoms with van der Waals surface area (Å²) in [6.45, 7) is 13.8. The second-order valence-electron chi connectivity index (χ2n) is 15.7. The zero-order valence-electron chi connectivity index (χ0n) is 27.5. The topological polar surface area (TPSA) is 119 Å². The molecule has 9 atom stereocenters. The molecule has 0 aromatic heterocycles. The number of unbranched alkanes of at least 4 members (excludes halogenated alkanes) is 1. The molecule has 8 nitrogen and oxygen atoms in total. The summed E-state index contributed by atoms with van der Waals surface area (Å²) in [5.74, 6) is 5.48. The predicted molar refractivity (Wildman–Crippen MR) is 166 cm³/mol. The fraction of sp³-hybridized carbons (Fsp3) is 0.971. The van der Waals surface area contributed by atoms with Crippen LogP contribution in [-0.2, 0) is 9.53 Å². The Labute approximate surface area is 255 Å². The Morgan fingerprint density at radius 1 is 0.976 bits per heavy atom. The van der Waals surface area contributed by atoms with E-state index in [-0.39, 0.29) is 30.0 Å². The highest BCUT2D eigenvalue weighted by atomic mass is 16.6. The zero-order valence-corrected chi connectivity index (χ0v) is 27.5. The van der Waals surface area contributed by atoms with Crippen LogP contribution in [0.3, 0.4) is 0 Å². The van der Waals surface area contributed by atoms with Gasteiger partial charge in [0.05, 0.1) is 26.1 Å². The maximum Gasteiger partial charge on any atom is 0.308 e. The van der Waals surface area contributed by atoms with E-state index in [1.54, 1.807) is 0 Å². The van der Waals surface area contributed by atoms with Crippen LogP contribution in [0.15, 0.2) is 5.28 Å². The minimum absolute atomic E-state index is 0.0318. The summed E-state index contributed by atoms with van der Waals surface area (Å²) in [6, 6.07) is 0. The molecule has 0 aliphatic heterocycles. The van der Waals surface area contributed by atoms with E-state index in [0.29, 0.717) is 23.3 Å². The highest BCUT2D eigenvalue weighted by Crippen LogP contribution is 2.68. The van der Waals surface area contributed by atoms with Crippen molar-refractivity contribution in [3.8, 4) is 0 Å². The number of quaternary nitrogens is 1. The van der Waals surface area contributed by atoms with E-state index in [9.17, 15) is 15.2 Å². The number of ether oxygens (including phenoxy) is 1. The van der Waals surface area contributed by atoms with Crippen LogP contribution in [0, 0.1) is 62.7 Å². The fourth-order valence-electron chi connectivity index (χ4n) is 10.6. The van der Waals surface area contributed by atoms with Crippen LogP contribution in [0.1, 0.15) is 131 Å². The van der Waals surface area contributed by atoms with Crippen molar-refractivity contribution in [1.82, 2.24) is 5.01 Å². The zero-order chi connectivity index (χ0) is 30.5. The van der Waals surface area contributed by atoms with Crippen LogP contribution in [0.2, 0.25) is 0 Å². The molecule has 242 valence electrons. The molecule has 0 aromatic carbocycles. The number of esters is 1. The highest BCUT2D eigenvalue weighted by Gasteiger charge is 2.60. The van der Waals surface area contributed by atoms with Gasteiger partial charge >= 0.3 is 5.97 Å². The van der Waals surface area contributed by atoms with Crippen LogP contribution in [0.25, 0.3) is 0 Å². The lowest BCUT2D eigenvalue weighted by Gasteiger charge is -2.61. The van der Waals surface area contributed by atoms with E-state index in [4.69, 9.17) is 4.74 Å². The number of nitrogens with zero attached hydrogens (tertiary/aromatic N) is 3. The number of carbonyl (C=O) groups is 1. The van der Waals surface area contributed by atoms with E-state index in [0.717, 1.165) is 74.2 Å². The fourth-order valence-corrected chi connectivity index (χ4v) is 10.6. The van der Waals surface area contributed by atoms with Gasteiger partial charge in [0.25, 0.3) is 0 Å². The first kappa shape index (κ1) is 33.3. The first-order valence-corrected chi connectivity index (χ1v) is 17.6. The van der Waals surface area contributed by atoms with Crippen molar-refractivity contribution in [1.29, 1.82) is 0 Å². The second-order valence-corrected chi connectivity index (χ2v) is 15.7. The molecule has 4 fully saturated rings. The van der Waals surface area contributed by atoms with Crippen molar-refractivity contribution in [3.05, 3.63) is 10.4 Å². The summed E-state index contributed by atoms with van der Waals surface area (Å²) in [5.41, 5.74) is 4.69. The Balaban J connectivity index is 1.30. The maximum atomic E-state index is 12.8. The van der Waals surface area contributed by atoms with Gasteiger partial charge in [-0.2, -0.15) is 0 Å². The van der Waals surface area contributed by atoms with Crippen LogP contribution in [0.4, 0.5) is 0 Å². The highest BCUT2D eigenvalue weighted by molar-refractivity contribution is 5.69. The van der Waals surface area contributed by atoms with Gasteiger partial charge in [0.1, 0.15) is 6.10 Å². The molecule has 3 N–H and O–H groups in total. The van der Waals surface area contributed by atoms with E-state index in [2.05, 4.69) is 45.6 Å². The van der Waals surface area contributed by atoms with Crippen LogP contribution in [-0.4, -0.2) is 41.7 Å². The summed E-state index contributed by atoms with van der Waals surface area (Å²) < 4.78 is 5.98. The lowest BCUT2D eigenvalue weighted by molar-refractivity contribution is -0.690. The minimum Gasteiger partial charge on any atom is -0.737 e. The number of fused-ring (bicyclic) bond motifs is 5. The number of rotatable bonds is 14. The third-order valence-corrected chi connectivity index (χ3v) is 12.9. The molecule has 0 radical (unpaired) electrons. The van der Waals surface area contributed by atoms with Gasteiger partial charge in [-0.25, -0.2) is 0 Å². The quantitative estimate of drug-likeness (QED) is 0.0760. The monoisotopic (exact) mass is 590 g/mol. The van der Waals surface area contributed by atoms with Crippen LogP contribution < -0.4 is 5.73 Å². The molecule has 0 saturated heterocycles. The largest absolute Gasteiger partial charge is 0.737 e. The summed E-state index contributed by atoms with van der Waals surface area (Å²) in [4.78, 5) is 12.8. The molecular weight excluding hydrogens is 528 g/mol. The number of carbonyl (C=O) groups excluding carboxylic acids is 1. The lowest BCUT2D eigenvalue weighted by atomic mass is 9.44. The molecule has 4 saturated carbocycles. The average molecular weight is 591 g/mol. The van der Waals surface area contributed by atoms with Crippen LogP contribution >= 0.6 is 0 Å². The van der Waals surface area contributed by atoms with Crippen molar-refractivity contribution in [2.75, 3.05) is 19.6 Å². The second kappa shape index (κ2) is 14.5. The van der Waals surface area contributed by atoms with Crippen LogP contribution in [0.5, 0.6) is 0 Å². The summed E-state index contributed by atoms with van der Waals surface area (Å²) >= 11 is 0. The molecule has 4 aliphatic carbocycles. The Kier molecular flexibility index (Phi) is 11.5. The number of hydrazine groups is 1. The molecule has 0 spiro atoms. The first-order valence-electron chi connectivity index (χ1n) is 17.6. The van der Waals surface area contributed by atoms with E-state index in [1.165, 1.54) is 62.8 Å². The van der Waals surface area contributed by atoms with Gasteiger partial charge < -0.3 is 20.9 Å². The molecular formula is C34H62N4O4. The summed E-state index contributed by atoms with van der Waals surface area (Å²) in [7, 11) is 0. The van der Waals surface area contributed by atoms with Gasteiger partial charge in [-0.05, 0) is 128 Å². The smallest absolute Gasteiger partial charge is 0.308 e. The van der Waals surface area contributed by atoms with Crippen molar-refractivity contribution < 1.29 is 20.2 Å². The van der Waals surface area contributed by atoms with Gasteiger partial charge in [0.15, 0.2) is 0 Å². The molecule has 8 heteroatoms. The molecule has 42 heavy (non-hydrogen) atoms. The third-order valence-electron chi connectivity index (χ3n) is 12.9. The van der Waals surface area contributed by atoms with Gasteiger partial charge in [-0.3, -0.25) is 4.79 Å². The maximum absolute atomic E-state index is 12.8. The van der Waals surface area contributed by atoms with E-state index < -0.39 is 0 Å². The molecule has 0 amide bonds. The summed E-state index contributed by atoms with van der Waals surface area (Å²) in [5, 5.41) is 26.4. The lowest BCUT2D eigenvalue weighted by Crippen LogP contribution is -2.54. The Morgan fingerprint density at radius 3 is 2.43 bits per heavy atom. The summed E-state index contributed by atoms with van der Waals surface area (Å²) in [6.07, 6.45) is 17.1. The van der Waals surface area contributed by atoms with E-state index in [1.807, 2.05) is 0 Å². The minimum atomic E-state index is -0.272. The van der Waals surface area contributed by atoms with Gasteiger partial charge in [0.2, 0.25) is 0 Å². The van der Waals surface area contributed by atoms with Crippen molar-refractivity contribution >= 4 is 5.97 Å². The van der Waals surface area contributed by atoms with E-state index >= 15 is 0 Å².